The molecule has 17 heavy (non-hydrogen) atoms. The van der Waals surface area contributed by atoms with E-state index in [0.717, 1.165) is 11.6 Å². The Morgan fingerprint density at radius 1 is 1.24 bits per heavy atom. The van der Waals surface area contributed by atoms with Gasteiger partial charge in [-0.1, -0.05) is 26.8 Å². The van der Waals surface area contributed by atoms with Crippen LogP contribution in [0.1, 0.15) is 32.1 Å². The number of furan rings is 1. The van der Waals surface area contributed by atoms with E-state index in [1.54, 1.807) is 6.26 Å². The van der Waals surface area contributed by atoms with E-state index < -0.39 is 0 Å². The summed E-state index contributed by atoms with van der Waals surface area (Å²) in [5.41, 5.74) is 1.38. The lowest BCUT2D eigenvalue weighted by atomic mass is 9.88. The van der Waals surface area contributed by atoms with Gasteiger partial charge in [0.1, 0.15) is 11.6 Å². The molecule has 0 radical (unpaired) electrons. The Hall–Kier alpha value is -1.77. The van der Waals surface area contributed by atoms with Gasteiger partial charge in [-0.25, -0.2) is 4.98 Å². The molecule has 2 aromatic rings. The Morgan fingerprint density at radius 3 is 2.59 bits per heavy atom. The maximum atomic E-state index is 5.24. The van der Waals surface area contributed by atoms with Crippen molar-refractivity contribution in [3.8, 4) is 0 Å². The molecule has 90 valence electrons. The molecule has 0 aromatic carbocycles. The predicted octanol–water partition coefficient (Wildman–Crippen LogP) is 3.58. The number of nitrogens with one attached hydrogen (secondary N) is 1. The highest BCUT2D eigenvalue weighted by Crippen LogP contribution is 2.21. The Kier molecular flexibility index (Phi) is 3.18. The van der Waals surface area contributed by atoms with Gasteiger partial charge in [-0.05, 0) is 29.2 Å². The van der Waals surface area contributed by atoms with E-state index in [9.17, 15) is 0 Å². The maximum Gasteiger partial charge on any atom is 0.126 e. The van der Waals surface area contributed by atoms with Crippen molar-refractivity contribution in [3.05, 3.63) is 48.0 Å². The summed E-state index contributed by atoms with van der Waals surface area (Å²) >= 11 is 0. The molecule has 0 atom stereocenters. The van der Waals surface area contributed by atoms with Gasteiger partial charge in [0.2, 0.25) is 0 Å². The fourth-order valence-electron chi connectivity index (χ4n) is 1.53. The molecule has 0 fully saturated rings. The number of hydrogen-bond acceptors (Lipinski definition) is 3. The second-order valence-electron chi connectivity index (χ2n) is 5.12. The summed E-state index contributed by atoms with van der Waals surface area (Å²) in [6.07, 6.45) is 3.59. The number of aromatic nitrogens is 1. The van der Waals surface area contributed by atoms with Gasteiger partial charge in [0.25, 0.3) is 0 Å². The largest absolute Gasteiger partial charge is 0.467 e. The molecule has 0 saturated heterocycles. The van der Waals surface area contributed by atoms with Gasteiger partial charge in [-0.2, -0.15) is 0 Å². The summed E-state index contributed by atoms with van der Waals surface area (Å²) in [6.45, 7) is 7.20. The van der Waals surface area contributed by atoms with Crippen molar-refractivity contribution in [3.63, 3.8) is 0 Å². The zero-order valence-electron chi connectivity index (χ0n) is 10.5. The van der Waals surface area contributed by atoms with Crippen LogP contribution in [0, 0.1) is 0 Å². The zero-order chi connectivity index (χ0) is 12.3. The highest BCUT2D eigenvalue weighted by molar-refractivity contribution is 5.37. The SMILES string of the molecule is CC(C)(C)c1ccc(NCc2ccco2)nc1. The molecule has 0 amide bonds. The molecule has 0 aliphatic heterocycles. The smallest absolute Gasteiger partial charge is 0.126 e. The fourth-order valence-corrected chi connectivity index (χ4v) is 1.53. The number of rotatable bonds is 3. The van der Waals surface area contributed by atoms with Crippen molar-refractivity contribution in [2.24, 2.45) is 0 Å². The van der Waals surface area contributed by atoms with E-state index in [0.29, 0.717) is 6.54 Å². The highest BCUT2D eigenvalue weighted by Gasteiger charge is 2.13. The van der Waals surface area contributed by atoms with Crippen molar-refractivity contribution >= 4 is 5.82 Å². The molecule has 0 spiro atoms. The van der Waals surface area contributed by atoms with E-state index in [1.807, 2.05) is 24.4 Å². The third kappa shape index (κ3) is 3.09. The normalized spacial score (nSPS) is 11.5. The summed E-state index contributed by atoms with van der Waals surface area (Å²) in [5, 5.41) is 3.22. The average molecular weight is 230 g/mol. The molecular formula is C14H18N2O. The molecule has 0 aliphatic carbocycles. The van der Waals surface area contributed by atoms with Crippen LogP contribution < -0.4 is 5.32 Å². The van der Waals surface area contributed by atoms with Crippen molar-refractivity contribution in [1.82, 2.24) is 4.98 Å². The summed E-state index contributed by atoms with van der Waals surface area (Å²) in [4.78, 5) is 4.39. The minimum atomic E-state index is 0.145. The third-order valence-electron chi connectivity index (χ3n) is 2.65. The van der Waals surface area contributed by atoms with Gasteiger partial charge >= 0.3 is 0 Å². The van der Waals surface area contributed by atoms with Gasteiger partial charge in [0, 0.05) is 6.20 Å². The molecule has 2 aromatic heterocycles. The number of nitrogens with zero attached hydrogens (tertiary/aromatic N) is 1. The van der Waals surface area contributed by atoms with Gasteiger partial charge in [-0.15, -0.1) is 0 Å². The van der Waals surface area contributed by atoms with Crippen LogP contribution in [0.25, 0.3) is 0 Å². The Labute approximate surface area is 102 Å². The first-order valence-corrected chi connectivity index (χ1v) is 5.78. The monoisotopic (exact) mass is 230 g/mol. The summed E-state index contributed by atoms with van der Waals surface area (Å²) in [5.74, 6) is 1.78. The molecule has 2 heterocycles. The van der Waals surface area contributed by atoms with Crippen LogP contribution in [-0.4, -0.2) is 4.98 Å². The Balaban J connectivity index is 1.99. The zero-order valence-corrected chi connectivity index (χ0v) is 10.5. The van der Waals surface area contributed by atoms with E-state index >= 15 is 0 Å². The fraction of sp³-hybridized carbons (Fsp3) is 0.357. The van der Waals surface area contributed by atoms with Gasteiger partial charge in [0.05, 0.1) is 12.8 Å². The topological polar surface area (TPSA) is 38.1 Å². The molecule has 1 N–H and O–H groups in total. The van der Waals surface area contributed by atoms with Crippen LogP contribution in [0.3, 0.4) is 0 Å². The summed E-state index contributed by atoms with van der Waals surface area (Å²) < 4.78 is 5.24. The second-order valence-corrected chi connectivity index (χ2v) is 5.12. The standard InChI is InChI=1S/C14H18N2O/c1-14(2,3)11-6-7-13(15-9-11)16-10-12-5-4-8-17-12/h4-9H,10H2,1-3H3,(H,15,16). The molecule has 2 rings (SSSR count). The van der Waals surface area contributed by atoms with Crippen molar-refractivity contribution in [2.75, 3.05) is 5.32 Å². The van der Waals surface area contributed by atoms with Crippen LogP contribution in [0.15, 0.2) is 41.1 Å². The third-order valence-corrected chi connectivity index (χ3v) is 2.65. The van der Waals surface area contributed by atoms with Crippen LogP contribution in [0.4, 0.5) is 5.82 Å². The number of anilines is 1. The first kappa shape index (κ1) is 11.7. The first-order valence-electron chi connectivity index (χ1n) is 5.78. The molecule has 3 nitrogen and oxygen atoms in total. The second kappa shape index (κ2) is 4.62. The lowest BCUT2D eigenvalue weighted by molar-refractivity contribution is 0.517. The molecule has 3 heteroatoms. The molecule has 0 saturated carbocycles. The minimum Gasteiger partial charge on any atom is -0.467 e. The lowest BCUT2D eigenvalue weighted by Crippen LogP contribution is -2.11. The molecule has 0 aliphatic rings. The Morgan fingerprint density at radius 2 is 2.06 bits per heavy atom. The predicted molar refractivity (Wildman–Crippen MR) is 69.0 cm³/mol. The quantitative estimate of drug-likeness (QED) is 0.875. The van der Waals surface area contributed by atoms with Crippen LogP contribution in [0.5, 0.6) is 0 Å². The molecule has 0 bridgehead atoms. The van der Waals surface area contributed by atoms with Crippen molar-refractivity contribution in [2.45, 2.75) is 32.7 Å². The minimum absolute atomic E-state index is 0.145. The summed E-state index contributed by atoms with van der Waals surface area (Å²) in [6, 6.07) is 7.94. The van der Waals surface area contributed by atoms with Crippen LogP contribution in [-0.2, 0) is 12.0 Å². The van der Waals surface area contributed by atoms with Gasteiger partial charge < -0.3 is 9.73 Å². The Bertz CT molecular complexity index is 452. The number of pyridine rings is 1. The molecular weight excluding hydrogens is 212 g/mol. The van der Waals surface area contributed by atoms with E-state index in [2.05, 4.69) is 37.1 Å². The molecule has 0 unspecified atom stereocenters. The maximum absolute atomic E-state index is 5.24. The van der Waals surface area contributed by atoms with Crippen molar-refractivity contribution < 1.29 is 4.42 Å². The highest BCUT2D eigenvalue weighted by atomic mass is 16.3. The lowest BCUT2D eigenvalue weighted by Gasteiger charge is -2.18. The average Bonchev–Trinajstić information content (AvgIpc) is 2.78. The van der Waals surface area contributed by atoms with E-state index in [1.165, 1.54) is 5.56 Å². The number of hydrogen-bond donors (Lipinski definition) is 1. The summed E-state index contributed by atoms with van der Waals surface area (Å²) in [7, 11) is 0. The van der Waals surface area contributed by atoms with E-state index in [-0.39, 0.29) is 5.41 Å². The van der Waals surface area contributed by atoms with E-state index in [4.69, 9.17) is 4.42 Å². The van der Waals surface area contributed by atoms with Crippen molar-refractivity contribution in [1.29, 1.82) is 0 Å². The first-order chi connectivity index (χ1) is 8.05. The van der Waals surface area contributed by atoms with Gasteiger partial charge in [-0.3, -0.25) is 0 Å². The van der Waals surface area contributed by atoms with Gasteiger partial charge in [0.15, 0.2) is 0 Å². The van der Waals surface area contributed by atoms with Crippen LogP contribution in [0.2, 0.25) is 0 Å². The van der Waals surface area contributed by atoms with Crippen LogP contribution >= 0.6 is 0 Å².